The molecule has 1 aromatic heterocycles. The van der Waals surface area contributed by atoms with Gasteiger partial charge in [0.25, 0.3) is 0 Å². The molecule has 20 heavy (non-hydrogen) atoms. The summed E-state index contributed by atoms with van der Waals surface area (Å²) in [6, 6.07) is 9.45. The van der Waals surface area contributed by atoms with Gasteiger partial charge in [-0.2, -0.15) is 0 Å². The summed E-state index contributed by atoms with van der Waals surface area (Å²) in [5.74, 6) is -1.26. The van der Waals surface area contributed by atoms with Crippen molar-refractivity contribution < 1.29 is 19.0 Å². The molecule has 0 aliphatic heterocycles. The van der Waals surface area contributed by atoms with Crippen LogP contribution < -0.4 is 4.74 Å². The van der Waals surface area contributed by atoms with Crippen LogP contribution >= 0.6 is 0 Å². The number of hydrogen-bond acceptors (Lipinski definition) is 3. The minimum Gasteiger partial charge on any atom is -0.487 e. The van der Waals surface area contributed by atoms with E-state index in [1.165, 1.54) is 18.2 Å². The minimum absolute atomic E-state index is 0.215. The van der Waals surface area contributed by atoms with Crippen LogP contribution in [0.5, 0.6) is 5.75 Å². The SMILES string of the molecule is O=C(O)/C=C/c1cc(F)cc(OCc2ccccn2)c1. The zero-order chi connectivity index (χ0) is 14.4. The Balaban J connectivity index is 2.10. The first-order chi connectivity index (χ1) is 9.63. The van der Waals surface area contributed by atoms with Crippen LogP contribution in [-0.4, -0.2) is 16.1 Å². The molecule has 0 amide bonds. The van der Waals surface area contributed by atoms with Crippen LogP contribution in [0.15, 0.2) is 48.7 Å². The number of aliphatic carboxylic acids is 1. The summed E-state index contributed by atoms with van der Waals surface area (Å²) in [6.45, 7) is 0.215. The van der Waals surface area contributed by atoms with E-state index in [2.05, 4.69) is 4.98 Å². The fourth-order valence-corrected chi connectivity index (χ4v) is 1.57. The summed E-state index contributed by atoms with van der Waals surface area (Å²) < 4.78 is 18.8. The van der Waals surface area contributed by atoms with Gasteiger partial charge in [-0.25, -0.2) is 9.18 Å². The number of hydrogen-bond donors (Lipinski definition) is 1. The smallest absolute Gasteiger partial charge is 0.328 e. The third-order valence-electron chi connectivity index (χ3n) is 2.42. The molecule has 0 aliphatic rings. The quantitative estimate of drug-likeness (QED) is 0.851. The van der Waals surface area contributed by atoms with Crippen molar-refractivity contribution in [2.45, 2.75) is 6.61 Å². The molecule has 1 N–H and O–H groups in total. The van der Waals surface area contributed by atoms with E-state index in [4.69, 9.17) is 9.84 Å². The Hall–Kier alpha value is -2.69. The average Bonchev–Trinajstić information content (AvgIpc) is 2.44. The van der Waals surface area contributed by atoms with Gasteiger partial charge in [0.2, 0.25) is 0 Å². The lowest BCUT2D eigenvalue weighted by molar-refractivity contribution is -0.131. The summed E-state index contributed by atoms with van der Waals surface area (Å²) in [5.41, 5.74) is 1.14. The van der Waals surface area contributed by atoms with Gasteiger partial charge in [0.1, 0.15) is 18.2 Å². The summed E-state index contributed by atoms with van der Waals surface area (Å²) in [5, 5.41) is 8.55. The Morgan fingerprint density at radius 1 is 1.35 bits per heavy atom. The summed E-state index contributed by atoms with van der Waals surface area (Å²) >= 11 is 0. The maximum atomic E-state index is 13.4. The highest BCUT2D eigenvalue weighted by Gasteiger charge is 2.02. The Bertz CT molecular complexity index is 626. The first-order valence-corrected chi connectivity index (χ1v) is 5.88. The lowest BCUT2D eigenvalue weighted by Crippen LogP contribution is -1.98. The van der Waals surface area contributed by atoms with Crippen LogP contribution in [0, 0.1) is 5.82 Å². The van der Waals surface area contributed by atoms with Crippen LogP contribution in [-0.2, 0) is 11.4 Å². The number of aromatic nitrogens is 1. The van der Waals surface area contributed by atoms with E-state index >= 15 is 0 Å². The van der Waals surface area contributed by atoms with E-state index < -0.39 is 11.8 Å². The molecule has 4 nitrogen and oxygen atoms in total. The van der Waals surface area contributed by atoms with Crippen LogP contribution in [0.25, 0.3) is 6.08 Å². The number of halogens is 1. The van der Waals surface area contributed by atoms with E-state index in [0.29, 0.717) is 11.3 Å². The van der Waals surface area contributed by atoms with E-state index in [0.717, 1.165) is 11.8 Å². The second kappa shape index (κ2) is 6.47. The minimum atomic E-state index is -1.09. The van der Waals surface area contributed by atoms with Crippen LogP contribution in [0.1, 0.15) is 11.3 Å². The highest BCUT2D eigenvalue weighted by atomic mass is 19.1. The maximum Gasteiger partial charge on any atom is 0.328 e. The molecule has 102 valence electrons. The molecule has 0 atom stereocenters. The third kappa shape index (κ3) is 4.20. The number of benzene rings is 1. The number of ether oxygens (including phenoxy) is 1. The molecule has 0 saturated carbocycles. The number of carbonyl (C=O) groups is 1. The Morgan fingerprint density at radius 3 is 2.90 bits per heavy atom. The number of nitrogens with zero attached hydrogens (tertiary/aromatic N) is 1. The summed E-state index contributed by atoms with van der Waals surface area (Å²) in [6.07, 6.45) is 3.89. The van der Waals surface area contributed by atoms with Crippen LogP contribution in [0.4, 0.5) is 4.39 Å². The van der Waals surface area contributed by atoms with Gasteiger partial charge in [-0.3, -0.25) is 4.98 Å². The first kappa shape index (κ1) is 13.7. The molecular weight excluding hydrogens is 261 g/mol. The molecule has 2 rings (SSSR count). The maximum absolute atomic E-state index is 13.4. The zero-order valence-corrected chi connectivity index (χ0v) is 10.5. The van der Waals surface area contributed by atoms with Crippen molar-refractivity contribution in [2.75, 3.05) is 0 Å². The molecule has 1 heterocycles. The molecule has 1 aromatic carbocycles. The standard InChI is InChI=1S/C15H12FNO3/c16-12-7-11(4-5-15(18)19)8-14(9-12)20-10-13-3-1-2-6-17-13/h1-9H,10H2,(H,18,19)/b5-4+. The van der Waals surface area contributed by atoms with Gasteiger partial charge in [0.15, 0.2) is 0 Å². The molecule has 0 aliphatic carbocycles. The highest BCUT2D eigenvalue weighted by Crippen LogP contribution is 2.18. The largest absolute Gasteiger partial charge is 0.487 e. The highest BCUT2D eigenvalue weighted by molar-refractivity contribution is 5.85. The second-order valence-corrected chi connectivity index (χ2v) is 4.00. The van der Waals surface area contributed by atoms with Gasteiger partial charge in [-0.05, 0) is 35.9 Å². The van der Waals surface area contributed by atoms with Crippen molar-refractivity contribution in [3.8, 4) is 5.75 Å². The third-order valence-corrected chi connectivity index (χ3v) is 2.42. The lowest BCUT2D eigenvalue weighted by atomic mass is 10.2. The van der Waals surface area contributed by atoms with Crippen molar-refractivity contribution >= 4 is 12.0 Å². The molecule has 0 spiro atoms. The molecular formula is C15H12FNO3. The summed E-state index contributed by atoms with van der Waals surface area (Å²) in [7, 11) is 0. The predicted octanol–water partition coefficient (Wildman–Crippen LogP) is 2.90. The number of carboxylic acid groups (broad SMARTS) is 1. The molecule has 5 heteroatoms. The van der Waals surface area contributed by atoms with E-state index in [9.17, 15) is 9.18 Å². The Labute approximate surface area is 115 Å². The fourth-order valence-electron chi connectivity index (χ4n) is 1.57. The Kier molecular flexibility index (Phi) is 4.44. The predicted molar refractivity (Wildman–Crippen MR) is 71.6 cm³/mol. The van der Waals surface area contributed by atoms with E-state index in [1.807, 2.05) is 6.07 Å². The van der Waals surface area contributed by atoms with Crippen LogP contribution in [0.3, 0.4) is 0 Å². The van der Waals surface area contributed by atoms with Crippen molar-refractivity contribution in [1.29, 1.82) is 0 Å². The first-order valence-electron chi connectivity index (χ1n) is 5.88. The monoisotopic (exact) mass is 273 g/mol. The molecule has 0 fully saturated rings. The van der Waals surface area contributed by atoms with Crippen molar-refractivity contribution in [2.24, 2.45) is 0 Å². The lowest BCUT2D eigenvalue weighted by Gasteiger charge is -2.06. The molecule has 0 bridgehead atoms. The number of rotatable bonds is 5. The molecule has 0 radical (unpaired) electrons. The molecule has 0 saturated heterocycles. The second-order valence-electron chi connectivity index (χ2n) is 4.00. The van der Waals surface area contributed by atoms with Gasteiger partial charge in [-0.1, -0.05) is 6.07 Å². The van der Waals surface area contributed by atoms with Crippen molar-refractivity contribution in [3.63, 3.8) is 0 Å². The molecule has 2 aromatic rings. The van der Waals surface area contributed by atoms with Crippen LogP contribution in [0.2, 0.25) is 0 Å². The van der Waals surface area contributed by atoms with Crippen molar-refractivity contribution in [3.05, 3.63) is 65.7 Å². The van der Waals surface area contributed by atoms with E-state index in [1.54, 1.807) is 24.4 Å². The van der Waals surface area contributed by atoms with Gasteiger partial charge in [0.05, 0.1) is 5.69 Å². The zero-order valence-electron chi connectivity index (χ0n) is 10.5. The average molecular weight is 273 g/mol. The molecule has 0 unspecified atom stereocenters. The fraction of sp³-hybridized carbons (Fsp3) is 0.0667. The van der Waals surface area contributed by atoms with Gasteiger partial charge in [-0.15, -0.1) is 0 Å². The number of pyridine rings is 1. The van der Waals surface area contributed by atoms with Crippen molar-refractivity contribution in [1.82, 2.24) is 4.98 Å². The van der Waals surface area contributed by atoms with Gasteiger partial charge >= 0.3 is 5.97 Å². The van der Waals surface area contributed by atoms with Gasteiger partial charge in [0, 0.05) is 18.3 Å². The van der Waals surface area contributed by atoms with Gasteiger partial charge < -0.3 is 9.84 Å². The number of carboxylic acids is 1. The normalized spacial score (nSPS) is 10.7. The van der Waals surface area contributed by atoms with E-state index in [-0.39, 0.29) is 6.61 Å². The Morgan fingerprint density at radius 2 is 2.20 bits per heavy atom. The summed E-state index contributed by atoms with van der Waals surface area (Å²) in [4.78, 5) is 14.5. The topological polar surface area (TPSA) is 59.4 Å².